The van der Waals surface area contributed by atoms with Crippen LogP contribution in [-0.4, -0.2) is 0 Å². The maximum atomic E-state index is 3.80. The van der Waals surface area contributed by atoms with Crippen LogP contribution < -0.4 is 0 Å². The second-order valence-electron chi connectivity index (χ2n) is 5.90. The SMILES string of the molecule is C=C(C)/C=C(/C)C(=C)C.CCC1CC2C=CC1C2. The topological polar surface area (TPSA) is 0 Å². The van der Waals surface area contributed by atoms with Gasteiger partial charge in [0.2, 0.25) is 0 Å². The highest BCUT2D eigenvalue weighted by atomic mass is 14.4. The van der Waals surface area contributed by atoms with Crippen molar-refractivity contribution in [3.05, 3.63) is 48.1 Å². The van der Waals surface area contributed by atoms with Crippen LogP contribution in [0.5, 0.6) is 0 Å². The van der Waals surface area contributed by atoms with E-state index in [-0.39, 0.29) is 0 Å². The van der Waals surface area contributed by atoms with E-state index in [1.165, 1.54) is 24.8 Å². The lowest BCUT2D eigenvalue weighted by Gasteiger charge is -2.14. The number of hydrogen-bond acceptors (Lipinski definition) is 0. The van der Waals surface area contributed by atoms with E-state index >= 15 is 0 Å². The monoisotopic (exact) mass is 244 g/mol. The molecule has 0 aromatic rings. The Balaban J connectivity index is 0.000000180. The molecule has 2 rings (SSSR count). The first-order valence-corrected chi connectivity index (χ1v) is 7.12. The molecule has 0 saturated heterocycles. The maximum absolute atomic E-state index is 3.80. The van der Waals surface area contributed by atoms with Gasteiger partial charge in [0.05, 0.1) is 0 Å². The van der Waals surface area contributed by atoms with Crippen LogP contribution in [0, 0.1) is 17.8 Å². The molecule has 0 heterocycles. The second-order valence-corrected chi connectivity index (χ2v) is 5.90. The molecule has 0 amide bonds. The van der Waals surface area contributed by atoms with Gasteiger partial charge in [-0.2, -0.15) is 0 Å². The van der Waals surface area contributed by atoms with Gasteiger partial charge in [0.1, 0.15) is 0 Å². The quantitative estimate of drug-likeness (QED) is 0.441. The zero-order chi connectivity index (χ0) is 13.7. The van der Waals surface area contributed by atoms with Crippen molar-refractivity contribution in [2.45, 2.75) is 47.0 Å². The summed E-state index contributed by atoms with van der Waals surface area (Å²) in [5, 5.41) is 0. The molecule has 2 bridgehead atoms. The predicted octanol–water partition coefficient (Wildman–Crippen LogP) is 5.69. The van der Waals surface area contributed by atoms with Crippen LogP contribution >= 0.6 is 0 Å². The van der Waals surface area contributed by atoms with Crippen molar-refractivity contribution in [1.82, 2.24) is 0 Å². The summed E-state index contributed by atoms with van der Waals surface area (Å²) in [4.78, 5) is 0. The zero-order valence-electron chi connectivity index (χ0n) is 12.5. The maximum Gasteiger partial charge on any atom is -0.0199 e. The third-order valence-electron chi connectivity index (χ3n) is 4.08. The molecule has 0 aromatic carbocycles. The van der Waals surface area contributed by atoms with Crippen LogP contribution in [0.4, 0.5) is 0 Å². The molecule has 0 aliphatic heterocycles. The van der Waals surface area contributed by atoms with Crippen molar-refractivity contribution in [3.8, 4) is 0 Å². The van der Waals surface area contributed by atoms with Gasteiger partial charge in [-0.3, -0.25) is 0 Å². The second kappa shape index (κ2) is 6.78. The molecule has 2 aliphatic carbocycles. The average molecular weight is 244 g/mol. The van der Waals surface area contributed by atoms with Gasteiger partial charge >= 0.3 is 0 Å². The van der Waals surface area contributed by atoms with Gasteiger partial charge in [0.15, 0.2) is 0 Å². The van der Waals surface area contributed by atoms with Crippen molar-refractivity contribution >= 4 is 0 Å². The molecule has 3 atom stereocenters. The summed E-state index contributed by atoms with van der Waals surface area (Å²) < 4.78 is 0. The number of rotatable bonds is 3. The first-order valence-electron chi connectivity index (χ1n) is 7.12. The van der Waals surface area contributed by atoms with Crippen LogP contribution in [0.3, 0.4) is 0 Å². The van der Waals surface area contributed by atoms with E-state index in [0.29, 0.717) is 0 Å². The molecular weight excluding hydrogens is 216 g/mol. The highest BCUT2D eigenvalue weighted by Gasteiger charge is 2.33. The van der Waals surface area contributed by atoms with E-state index < -0.39 is 0 Å². The van der Waals surface area contributed by atoms with Gasteiger partial charge in [-0.05, 0) is 56.9 Å². The van der Waals surface area contributed by atoms with Gasteiger partial charge in [-0.25, -0.2) is 0 Å². The van der Waals surface area contributed by atoms with Gasteiger partial charge in [-0.15, -0.1) is 0 Å². The first-order chi connectivity index (χ1) is 8.43. The molecule has 0 spiro atoms. The van der Waals surface area contributed by atoms with Crippen LogP contribution in [0.2, 0.25) is 0 Å². The standard InChI is InChI=1S/2C9H14/c1-2-8-5-7-3-4-9(8)6-7;1-7(2)6-9(5)8(3)4/h3-4,7-9H,2,5-6H2,1H3;6H,1,3H2,2,4-5H3/b;9-6-. The van der Waals surface area contributed by atoms with Gasteiger partial charge in [0.25, 0.3) is 0 Å². The highest BCUT2D eigenvalue weighted by Crippen LogP contribution is 2.44. The van der Waals surface area contributed by atoms with E-state index in [4.69, 9.17) is 0 Å². The lowest BCUT2D eigenvalue weighted by Crippen LogP contribution is -2.04. The molecular formula is C18H28. The third kappa shape index (κ3) is 4.33. The summed E-state index contributed by atoms with van der Waals surface area (Å²) in [5.74, 6) is 2.99. The molecule has 2 aliphatic rings. The predicted molar refractivity (Wildman–Crippen MR) is 82.5 cm³/mol. The van der Waals surface area contributed by atoms with Crippen molar-refractivity contribution in [3.63, 3.8) is 0 Å². The van der Waals surface area contributed by atoms with Gasteiger partial charge < -0.3 is 0 Å². The van der Waals surface area contributed by atoms with Crippen LogP contribution in [-0.2, 0) is 0 Å². The minimum absolute atomic E-state index is 0.972. The molecule has 0 heteroatoms. The lowest BCUT2D eigenvalue weighted by atomic mass is 9.91. The highest BCUT2D eigenvalue weighted by molar-refractivity contribution is 5.30. The Morgan fingerprint density at radius 1 is 1.17 bits per heavy atom. The van der Waals surface area contributed by atoms with Crippen LogP contribution in [0.15, 0.2) is 48.1 Å². The van der Waals surface area contributed by atoms with Crippen molar-refractivity contribution < 1.29 is 0 Å². The van der Waals surface area contributed by atoms with Gasteiger partial charge in [-0.1, -0.05) is 55.9 Å². The van der Waals surface area contributed by atoms with E-state index in [9.17, 15) is 0 Å². The average Bonchev–Trinajstić information content (AvgIpc) is 2.90. The number of fused-ring (bicyclic) bond motifs is 2. The molecule has 1 fully saturated rings. The Bertz CT molecular complexity index is 367. The van der Waals surface area contributed by atoms with E-state index in [1.54, 1.807) is 0 Å². The van der Waals surface area contributed by atoms with E-state index in [0.717, 1.165) is 28.9 Å². The third-order valence-corrected chi connectivity index (χ3v) is 4.08. The molecule has 0 N–H and O–H groups in total. The molecule has 0 nitrogen and oxygen atoms in total. The largest absolute Gasteiger partial charge is 0.0961 e. The normalized spacial score (nSPS) is 28.9. The molecule has 100 valence electrons. The number of hydrogen-bond donors (Lipinski definition) is 0. The first kappa shape index (κ1) is 15.0. The van der Waals surface area contributed by atoms with Crippen molar-refractivity contribution in [1.29, 1.82) is 0 Å². The molecule has 1 saturated carbocycles. The fourth-order valence-corrected chi connectivity index (χ4v) is 2.86. The van der Waals surface area contributed by atoms with Gasteiger partial charge in [0, 0.05) is 0 Å². The summed E-state index contributed by atoms with van der Waals surface area (Å²) in [6.07, 6.45) is 11.2. The summed E-state index contributed by atoms with van der Waals surface area (Å²) in [7, 11) is 0. The summed E-state index contributed by atoms with van der Waals surface area (Å²) in [6, 6.07) is 0. The number of allylic oxidation sites excluding steroid dienone is 6. The zero-order valence-corrected chi connectivity index (χ0v) is 12.5. The van der Waals surface area contributed by atoms with Crippen molar-refractivity contribution in [2.75, 3.05) is 0 Å². The minimum atomic E-state index is 0.972. The fraction of sp³-hybridized carbons (Fsp3) is 0.556. The van der Waals surface area contributed by atoms with E-state index in [2.05, 4.69) is 32.2 Å². The fourth-order valence-electron chi connectivity index (χ4n) is 2.86. The Hall–Kier alpha value is -1.04. The molecule has 3 unspecified atom stereocenters. The Kier molecular flexibility index (Phi) is 5.65. The molecule has 18 heavy (non-hydrogen) atoms. The van der Waals surface area contributed by atoms with Crippen molar-refractivity contribution in [2.24, 2.45) is 17.8 Å². The van der Waals surface area contributed by atoms with Crippen LogP contribution in [0.25, 0.3) is 0 Å². The Labute approximate surface area is 113 Å². The lowest BCUT2D eigenvalue weighted by molar-refractivity contribution is 0.434. The Morgan fingerprint density at radius 3 is 2.06 bits per heavy atom. The van der Waals surface area contributed by atoms with E-state index in [1.807, 2.05) is 26.8 Å². The molecule has 0 radical (unpaired) electrons. The smallest absolute Gasteiger partial charge is 0.0199 e. The summed E-state index contributed by atoms with van der Waals surface area (Å²) >= 11 is 0. The molecule has 0 aromatic heterocycles. The summed E-state index contributed by atoms with van der Waals surface area (Å²) in [5.41, 5.74) is 3.40. The Morgan fingerprint density at radius 2 is 1.83 bits per heavy atom. The minimum Gasteiger partial charge on any atom is -0.0961 e. The van der Waals surface area contributed by atoms with Crippen LogP contribution in [0.1, 0.15) is 47.0 Å². The summed E-state index contributed by atoms with van der Waals surface area (Å²) in [6.45, 7) is 15.9.